The highest BCUT2D eigenvalue weighted by atomic mass is 35.5. The van der Waals surface area contributed by atoms with Gasteiger partial charge in [0.05, 0.1) is 4.90 Å². The molecule has 7 heteroatoms. The molecule has 1 saturated heterocycles. The van der Waals surface area contributed by atoms with Gasteiger partial charge in [0.2, 0.25) is 10.0 Å². The Hall–Kier alpha value is -0.690. The second kappa shape index (κ2) is 5.75. The van der Waals surface area contributed by atoms with Crippen LogP contribution in [0.25, 0.3) is 0 Å². The zero-order valence-corrected chi connectivity index (χ0v) is 12.1. The lowest BCUT2D eigenvalue weighted by Gasteiger charge is -2.29. The van der Waals surface area contributed by atoms with Crippen molar-refractivity contribution in [2.75, 3.05) is 13.1 Å². The van der Waals surface area contributed by atoms with E-state index in [0.717, 1.165) is 25.1 Å². The minimum absolute atomic E-state index is 0.0650. The molecule has 0 aromatic heterocycles. The molecule has 4 nitrogen and oxygen atoms in total. The molecule has 1 aliphatic rings. The molecule has 19 heavy (non-hydrogen) atoms. The van der Waals surface area contributed by atoms with Crippen LogP contribution < -0.4 is 10.0 Å². The second-order valence-electron chi connectivity index (χ2n) is 4.80. The second-order valence-corrected chi connectivity index (χ2v) is 6.95. The molecular formula is C12H16ClFN2O2S. The summed E-state index contributed by atoms with van der Waals surface area (Å²) in [7, 11) is -3.75. The molecule has 1 aromatic rings. The minimum atomic E-state index is -3.75. The lowest BCUT2D eigenvalue weighted by atomic mass is 9.96. The highest BCUT2D eigenvalue weighted by Crippen LogP contribution is 2.20. The van der Waals surface area contributed by atoms with Gasteiger partial charge in [-0.1, -0.05) is 18.5 Å². The minimum Gasteiger partial charge on any atom is -0.315 e. The summed E-state index contributed by atoms with van der Waals surface area (Å²) in [6, 6.07) is 3.09. The predicted octanol–water partition coefficient (Wildman–Crippen LogP) is 1.76. The summed E-state index contributed by atoms with van der Waals surface area (Å²) in [6.07, 6.45) is 0.900. The van der Waals surface area contributed by atoms with Crippen LogP contribution in [0.4, 0.5) is 4.39 Å². The van der Waals surface area contributed by atoms with Crippen molar-refractivity contribution < 1.29 is 12.8 Å². The number of hydrogen-bond donors (Lipinski definition) is 2. The molecule has 0 radical (unpaired) electrons. The average molecular weight is 307 g/mol. The number of piperidine rings is 1. The normalized spacial score (nSPS) is 24.4. The molecular weight excluding hydrogens is 291 g/mol. The number of hydrogen-bond acceptors (Lipinski definition) is 3. The van der Waals surface area contributed by atoms with E-state index in [2.05, 4.69) is 10.0 Å². The van der Waals surface area contributed by atoms with E-state index in [-0.39, 0.29) is 21.9 Å². The number of halogens is 2. The third kappa shape index (κ3) is 3.66. The quantitative estimate of drug-likeness (QED) is 0.894. The van der Waals surface area contributed by atoms with Gasteiger partial charge < -0.3 is 5.32 Å². The summed E-state index contributed by atoms with van der Waals surface area (Å²) in [5, 5.41) is 3.20. The van der Waals surface area contributed by atoms with E-state index in [4.69, 9.17) is 11.6 Å². The third-order valence-corrected chi connectivity index (χ3v) is 4.97. The molecule has 1 aliphatic heterocycles. The highest BCUT2D eigenvalue weighted by Gasteiger charge is 2.27. The molecule has 0 amide bonds. The third-order valence-electron chi connectivity index (χ3n) is 3.28. The Bertz CT molecular complexity index is 545. The van der Waals surface area contributed by atoms with Crippen molar-refractivity contribution in [2.24, 2.45) is 5.92 Å². The van der Waals surface area contributed by atoms with Crippen molar-refractivity contribution >= 4 is 21.6 Å². The molecule has 2 unspecified atom stereocenters. The van der Waals surface area contributed by atoms with Crippen molar-refractivity contribution in [3.63, 3.8) is 0 Å². The first-order valence-corrected chi connectivity index (χ1v) is 7.94. The summed E-state index contributed by atoms with van der Waals surface area (Å²) in [5.41, 5.74) is 0. The van der Waals surface area contributed by atoms with Gasteiger partial charge >= 0.3 is 0 Å². The van der Waals surface area contributed by atoms with E-state index in [1.165, 1.54) is 6.07 Å². The number of benzene rings is 1. The van der Waals surface area contributed by atoms with Gasteiger partial charge in [-0.2, -0.15) is 0 Å². The lowest BCUT2D eigenvalue weighted by molar-refractivity contribution is 0.327. The Morgan fingerprint density at radius 3 is 2.79 bits per heavy atom. The Balaban J connectivity index is 2.22. The largest absolute Gasteiger partial charge is 0.315 e. The Kier molecular flexibility index (Phi) is 4.45. The molecule has 1 aromatic carbocycles. The van der Waals surface area contributed by atoms with Gasteiger partial charge in [0, 0.05) is 17.6 Å². The van der Waals surface area contributed by atoms with Crippen molar-refractivity contribution in [3.05, 3.63) is 29.0 Å². The molecule has 2 N–H and O–H groups in total. The Morgan fingerprint density at radius 1 is 1.42 bits per heavy atom. The maximum absolute atomic E-state index is 13.2. The van der Waals surface area contributed by atoms with Crippen LogP contribution in [0.5, 0.6) is 0 Å². The van der Waals surface area contributed by atoms with E-state index < -0.39 is 15.8 Å². The van der Waals surface area contributed by atoms with E-state index in [1.807, 2.05) is 6.92 Å². The maximum Gasteiger partial charge on any atom is 0.241 e. The van der Waals surface area contributed by atoms with Crippen LogP contribution in [0.3, 0.4) is 0 Å². The standard InChI is InChI=1S/C12H16ClFN2O2S/c1-8-2-3-15-7-12(8)16-19(17,18)11-5-9(13)4-10(14)6-11/h4-6,8,12,15-16H,2-3,7H2,1H3. The van der Waals surface area contributed by atoms with Crippen LogP contribution in [0.1, 0.15) is 13.3 Å². The van der Waals surface area contributed by atoms with Gasteiger partial charge in [-0.3, -0.25) is 0 Å². The van der Waals surface area contributed by atoms with Crippen LogP contribution in [-0.2, 0) is 10.0 Å². The lowest BCUT2D eigenvalue weighted by Crippen LogP contribution is -2.50. The van der Waals surface area contributed by atoms with Crippen LogP contribution in [0.15, 0.2) is 23.1 Å². The molecule has 0 spiro atoms. The van der Waals surface area contributed by atoms with Gasteiger partial charge in [0.1, 0.15) is 5.82 Å². The summed E-state index contributed by atoms with van der Waals surface area (Å²) in [5.74, 6) is -0.428. The van der Waals surface area contributed by atoms with Gasteiger partial charge in [-0.25, -0.2) is 17.5 Å². The van der Waals surface area contributed by atoms with Gasteiger partial charge in [0.25, 0.3) is 0 Å². The van der Waals surface area contributed by atoms with Gasteiger partial charge in [-0.15, -0.1) is 0 Å². The smallest absolute Gasteiger partial charge is 0.241 e. The summed E-state index contributed by atoms with van der Waals surface area (Å²) in [4.78, 5) is -0.143. The summed E-state index contributed by atoms with van der Waals surface area (Å²) >= 11 is 5.68. The fourth-order valence-electron chi connectivity index (χ4n) is 2.10. The van der Waals surface area contributed by atoms with Crippen LogP contribution in [0.2, 0.25) is 5.02 Å². The van der Waals surface area contributed by atoms with E-state index in [0.29, 0.717) is 6.54 Å². The summed E-state index contributed by atoms with van der Waals surface area (Å²) in [6.45, 7) is 3.45. The van der Waals surface area contributed by atoms with Gasteiger partial charge in [0.15, 0.2) is 0 Å². The predicted molar refractivity (Wildman–Crippen MR) is 72.2 cm³/mol. The number of nitrogens with one attached hydrogen (secondary N) is 2. The first kappa shape index (κ1) is 14.7. The first-order chi connectivity index (χ1) is 8.88. The molecule has 0 saturated carbocycles. The molecule has 2 atom stereocenters. The molecule has 2 rings (SSSR count). The zero-order chi connectivity index (χ0) is 14.0. The molecule has 106 valence electrons. The number of rotatable bonds is 3. The molecule has 0 bridgehead atoms. The van der Waals surface area contributed by atoms with E-state index >= 15 is 0 Å². The Morgan fingerprint density at radius 2 is 2.16 bits per heavy atom. The van der Waals surface area contributed by atoms with Crippen LogP contribution in [0, 0.1) is 11.7 Å². The molecule has 1 heterocycles. The van der Waals surface area contributed by atoms with Crippen molar-refractivity contribution in [1.29, 1.82) is 0 Å². The van der Waals surface area contributed by atoms with Gasteiger partial charge in [-0.05, 0) is 37.1 Å². The molecule has 1 fully saturated rings. The SMILES string of the molecule is CC1CCNCC1NS(=O)(=O)c1cc(F)cc(Cl)c1. The highest BCUT2D eigenvalue weighted by molar-refractivity contribution is 7.89. The monoisotopic (exact) mass is 306 g/mol. The fourth-order valence-corrected chi connectivity index (χ4v) is 3.79. The topological polar surface area (TPSA) is 58.2 Å². The van der Waals surface area contributed by atoms with Crippen molar-refractivity contribution in [2.45, 2.75) is 24.3 Å². The number of sulfonamides is 1. The van der Waals surface area contributed by atoms with E-state index in [9.17, 15) is 12.8 Å². The van der Waals surface area contributed by atoms with Crippen molar-refractivity contribution in [3.8, 4) is 0 Å². The first-order valence-electron chi connectivity index (χ1n) is 6.07. The molecule has 0 aliphatic carbocycles. The fraction of sp³-hybridized carbons (Fsp3) is 0.500. The van der Waals surface area contributed by atoms with Crippen LogP contribution in [-0.4, -0.2) is 27.5 Å². The maximum atomic E-state index is 13.2. The Labute approximate surface area is 117 Å². The summed E-state index contributed by atoms with van der Waals surface area (Å²) < 4.78 is 40.2. The van der Waals surface area contributed by atoms with Crippen molar-refractivity contribution in [1.82, 2.24) is 10.0 Å². The average Bonchev–Trinajstić information content (AvgIpc) is 2.31. The zero-order valence-electron chi connectivity index (χ0n) is 10.5. The van der Waals surface area contributed by atoms with E-state index in [1.54, 1.807) is 0 Å². The van der Waals surface area contributed by atoms with Crippen LogP contribution >= 0.6 is 11.6 Å².